The van der Waals surface area contributed by atoms with Gasteiger partial charge in [-0.05, 0) is 18.6 Å². The first kappa shape index (κ1) is 13.1. The molecule has 0 atom stereocenters. The average molecular weight is 249 g/mol. The van der Waals surface area contributed by atoms with E-state index in [0.717, 1.165) is 51.3 Å². The molecule has 0 saturated carbocycles. The van der Waals surface area contributed by atoms with Gasteiger partial charge in [-0.2, -0.15) is 0 Å². The number of benzene rings is 1. The first-order valence-corrected chi connectivity index (χ1v) is 6.36. The Bertz CT molecular complexity index is 375. The number of hydrogen-bond acceptors (Lipinski definition) is 4. The Morgan fingerprint density at radius 3 is 2.94 bits per heavy atom. The topological polar surface area (TPSA) is 38.8 Å². The van der Waals surface area contributed by atoms with Crippen LogP contribution in [0.25, 0.3) is 0 Å². The van der Waals surface area contributed by atoms with Crippen molar-refractivity contribution < 1.29 is 14.3 Å². The molecule has 0 bridgehead atoms. The number of carbonyl (C=O) groups is 1. The fourth-order valence-corrected chi connectivity index (χ4v) is 1.98. The summed E-state index contributed by atoms with van der Waals surface area (Å²) in [4.78, 5) is 13.0. The van der Waals surface area contributed by atoms with Gasteiger partial charge in [0, 0.05) is 25.2 Å². The van der Waals surface area contributed by atoms with Crippen LogP contribution in [0.15, 0.2) is 24.3 Å². The zero-order chi connectivity index (χ0) is 12.6. The third-order valence-electron chi connectivity index (χ3n) is 2.99. The lowest BCUT2D eigenvalue weighted by Crippen LogP contribution is -2.37. The molecule has 0 radical (unpaired) electrons. The van der Waals surface area contributed by atoms with Crippen molar-refractivity contribution in [3.05, 3.63) is 29.8 Å². The van der Waals surface area contributed by atoms with E-state index in [1.54, 1.807) is 12.1 Å². The van der Waals surface area contributed by atoms with Crippen molar-refractivity contribution in [3.63, 3.8) is 0 Å². The highest BCUT2D eigenvalue weighted by molar-refractivity contribution is 5.75. The van der Waals surface area contributed by atoms with Crippen LogP contribution in [-0.4, -0.2) is 50.6 Å². The van der Waals surface area contributed by atoms with Crippen molar-refractivity contribution in [2.24, 2.45) is 0 Å². The maximum atomic E-state index is 10.6. The number of rotatable bonds is 6. The van der Waals surface area contributed by atoms with E-state index < -0.39 is 0 Å². The van der Waals surface area contributed by atoms with Crippen LogP contribution in [0.5, 0.6) is 5.75 Å². The van der Waals surface area contributed by atoms with Gasteiger partial charge in [0.2, 0.25) is 0 Å². The van der Waals surface area contributed by atoms with Gasteiger partial charge in [-0.15, -0.1) is 0 Å². The number of aldehydes is 1. The van der Waals surface area contributed by atoms with E-state index in [9.17, 15) is 4.79 Å². The average Bonchev–Trinajstić information content (AvgIpc) is 2.45. The van der Waals surface area contributed by atoms with Gasteiger partial charge in [0.15, 0.2) is 0 Å². The second-order valence-corrected chi connectivity index (χ2v) is 4.35. The molecule has 1 aromatic rings. The van der Waals surface area contributed by atoms with E-state index in [2.05, 4.69) is 4.90 Å². The smallest absolute Gasteiger partial charge is 0.150 e. The van der Waals surface area contributed by atoms with Crippen molar-refractivity contribution in [1.82, 2.24) is 4.90 Å². The third kappa shape index (κ3) is 4.13. The van der Waals surface area contributed by atoms with Gasteiger partial charge in [0.1, 0.15) is 12.0 Å². The third-order valence-corrected chi connectivity index (χ3v) is 2.99. The summed E-state index contributed by atoms with van der Waals surface area (Å²) in [6.45, 7) is 5.42. The molecule has 4 nitrogen and oxygen atoms in total. The highest BCUT2D eigenvalue weighted by Gasteiger charge is 2.09. The Morgan fingerprint density at radius 1 is 1.33 bits per heavy atom. The van der Waals surface area contributed by atoms with Crippen LogP contribution in [0.3, 0.4) is 0 Å². The number of carbonyl (C=O) groups excluding carboxylic acids is 1. The van der Waals surface area contributed by atoms with Gasteiger partial charge >= 0.3 is 0 Å². The molecule has 0 aromatic heterocycles. The molecule has 1 aliphatic heterocycles. The van der Waals surface area contributed by atoms with E-state index in [4.69, 9.17) is 9.47 Å². The van der Waals surface area contributed by atoms with Crippen LogP contribution in [0.4, 0.5) is 0 Å². The second-order valence-electron chi connectivity index (χ2n) is 4.35. The molecule has 0 aliphatic carbocycles. The van der Waals surface area contributed by atoms with Crippen molar-refractivity contribution in [1.29, 1.82) is 0 Å². The number of nitrogens with zero attached hydrogens (tertiary/aromatic N) is 1. The van der Waals surface area contributed by atoms with Crippen molar-refractivity contribution in [2.45, 2.75) is 6.42 Å². The van der Waals surface area contributed by atoms with Gasteiger partial charge in [-0.1, -0.05) is 12.1 Å². The van der Waals surface area contributed by atoms with E-state index in [1.807, 2.05) is 12.1 Å². The first-order chi connectivity index (χ1) is 8.88. The minimum absolute atomic E-state index is 0.653. The molecule has 18 heavy (non-hydrogen) atoms. The maximum absolute atomic E-state index is 10.6. The van der Waals surface area contributed by atoms with Crippen molar-refractivity contribution >= 4 is 6.29 Å². The van der Waals surface area contributed by atoms with Crippen LogP contribution >= 0.6 is 0 Å². The molecule has 1 aliphatic rings. The Labute approximate surface area is 107 Å². The van der Waals surface area contributed by atoms with Gasteiger partial charge in [0.25, 0.3) is 0 Å². The summed E-state index contributed by atoms with van der Waals surface area (Å²) in [5.74, 6) is 0.765. The highest BCUT2D eigenvalue weighted by atomic mass is 16.5. The lowest BCUT2D eigenvalue weighted by Gasteiger charge is -2.26. The molecule has 4 heteroatoms. The normalized spacial score (nSPS) is 16.4. The van der Waals surface area contributed by atoms with Crippen LogP contribution in [-0.2, 0) is 4.74 Å². The number of ether oxygens (including phenoxy) is 2. The lowest BCUT2D eigenvalue weighted by molar-refractivity contribution is 0.0358. The number of morpholine rings is 1. The molecule has 0 unspecified atom stereocenters. The second kappa shape index (κ2) is 7.13. The van der Waals surface area contributed by atoms with Crippen molar-refractivity contribution in [2.75, 3.05) is 39.5 Å². The Morgan fingerprint density at radius 2 is 2.17 bits per heavy atom. The predicted molar refractivity (Wildman–Crippen MR) is 69.2 cm³/mol. The van der Waals surface area contributed by atoms with Crippen LogP contribution in [0.1, 0.15) is 16.8 Å². The van der Waals surface area contributed by atoms with Crippen LogP contribution in [0, 0.1) is 0 Å². The van der Waals surface area contributed by atoms with Gasteiger partial charge < -0.3 is 9.47 Å². The summed E-state index contributed by atoms with van der Waals surface area (Å²) < 4.78 is 10.9. The fourth-order valence-electron chi connectivity index (χ4n) is 1.98. The predicted octanol–water partition coefficient (Wildman–Crippen LogP) is 1.60. The van der Waals surface area contributed by atoms with E-state index in [-0.39, 0.29) is 0 Å². The Balaban J connectivity index is 1.66. The Hall–Kier alpha value is -1.39. The highest BCUT2D eigenvalue weighted by Crippen LogP contribution is 2.12. The van der Waals surface area contributed by atoms with E-state index >= 15 is 0 Å². The van der Waals surface area contributed by atoms with Crippen LogP contribution < -0.4 is 4.74 Å². The zero-order valence-corrected chi connectivity index (χ0v) is 10.5. The molecule has 2 rings (SSSR count). The SMILES string of the molecule is O=Cc1cccc(OCCCN2CCOCC2)c1. The molecular weight excluding hydrogens is 230 g/mol. The molecule has 1 heterocycles. The molecule has 0 spiro atoms. The van der Waals surface area contributed by atoms with E-state index in [0.29, 0.717) is 12.2 Å². The lowest BCUT2D eigenvalue weighted by atomic mass is 10.2. The number of hydrogen-bond donors (Lipinski definition) is 0. The minimum atomic E-state index is 0.653. The summed E-state index contributed by atoms with van der Waals surface area (Å²) in [6, 6.07) is 7.25. The largest absolute Gasteiger partial charge is 0.494 e. The molecular formula is C14H19NO3. The van der Waals surface area contributed by atoms with Gasteiger partial charge in [-0.25, -0.2) is 0 Å². The molecule has 98 valence electrons. The maximum Gasteiger partial charge on any atom is 0.150 e. The summed E-state index contributed by atoms with van der Waals surface area (Å²) >= 11 is 0. The first-order valence-electron chi connectivity index (χ1n) is 6.36. The fraction of sp³-hybridized carbons (Fsp3) is 0.500. The van der Waals surface area contributed by atoms with Crippen LogP contribution in [0.2, 0.25) is 0 Å². The summed E-state index contributed by atoms with van der Waals surface area (Å²) in [5.41, 5.74) is 0.653. The van der Waals surface area contributed by atoms with Crippen molar-refractivity contribution in [3.8, 4) is 5.75 Å². The van der Waals surface area contributed by atoms with Gasteiger partial charge in [0.05, 0.1) is 19.8 Å². The quantitative estimate of drug-likeness (QED) is 0.567. The molecule has 1 saturated heterocycles. The summed E-state index contributed by atoms with van der Waals surface area (Å²) in [6.07, 6.45) is 1.83. The monoisotopic (exact) mass is 249 g/mol. The van der Waals surface area contributed by atoms with Gasteiger partial charge in [-0.3, -0.25) is 9.69 Å². The van der Waals surface area contributed by atoms with E-state index in [1.165, 1.54) is 0 Å². The standard InChI is InChI=1S/C14H19NO3/c16-12-13-3-1-4-14(11-13)18-8-2-5-15-6-9-17-10-7-15/h1,3-4,11-12H,2,5-10H2. The Kier molecular flexibility index (Phi) is 5.17. The molecule has 1 fully saturated rings. The summed E-state index contributed by atoms with van der Waals surface area (Å²) in [7, 11) is 0. The minimum Gasteiger partial charge on any atom is -0.494 e. The molecule has 0 N–H and O–H groups in total. The molecule has 1 aromatic carbocycles. The zero-order valence-electron chi connectivity index (χ0n) is 10.5. The summed E-state index contributed by atoms with van der Waals surface area (Å²) in [5, 5.41) is 0. The molecule has 0 amide bonds.